The number of ether oxygens (including phenoxy) is 3. The number of esters is 2. The van der Waals surface area contributed by atoms with E-state index in [0.29, 0.717) is 12.8 Å². The van der Waals surface area contributed by atoms with Crippen LogP contribution in [0.15, 0.2) is 11.1 Å². The van der Waals surface area contributed by atoms with Gasteiger partial charge in [0.1, 0.15) is 5.60 Å². The van der Waals surface area contributed by atoms with Crippen molar-refractivity contribution in [2.75, 3.05) is 14.2 Å². The van der Waals surface area contributed by atoms with E-state index < -0.39 is 29.1 Å². The summed E-state index contributed by atoms with van der Waals surface area (Å²) in [5.41, 5.74) is -1.58. The summed E-state index contributed by atoms with van der Waals surface area (Å²) in [7, 11) is 2.44. The average molecular weight is 266 g/mol. The minimum Gasteiger partial charge on any atom is -0.466 e. The monoisotopic (exact) mass is 266 g/mol. The number of hydrogen-bond acceptors (Lipinski definition) is 6. The zero-order valence-electron chi connectivity index (χ0n) is 10.9. The summed E-state index contributed by atoms with van der Waals surface area (Å²) in [5.74, 6) is -1.47. The molecule has 0 aromatic rings. The second-order valence-electron chi connectivity index (χ2n) is 5.25. The Hall–Kier alpha value is -1.69. The van der Waals surface area contributed by atoms with Crippen molar-refractivity contribution >= 4 is 17.7 Å². The molecule has 0 aromatic heterocycles. The first kappa shape index (κ1) is 12.3. The van der Waals surface area contributed by atoms with E-state index in [-0.39, 0.29) is 16.9 Å². The molecule has 2 bridgehead atoms. The molecule has 6 nitrogen and oxygen atoms in total. The summed E-state index contributed by atoms with van der Waals surface area (Å²) in [6.07, 6.45) is 0.357. The molecule has 2 atom stereocenters. The predicted molar refractivity (Wildman–Crippen MR) is 61.0 cm³/mol. The van der Waals surface area contributed by atoms with Gasteiger partial charge in [-0.1, -0.05) is 0 Å². The highest BCUT2D eigenvalue weighted by Crippen LogP contribution is 2.68. The molecule has 1 spiro atoms. The van der Waals surface area contributed by atoms with E-state index in [4.69, 9.17) is 9.47 Å². The van der Waals surface area contributed by atoms with Gasteiger partial charge in [-0.3, -0.25) is 4.79 Å². The fourth-order valence-corrected chi connectivity index (χ4v) is 3.34. The standard InChI is InChI=1S/C13H14O6/c1-12-7(11(16)18-3)6(10(15)17-2)8(19-12)9(14)13(12)4-5-13/h8H,4-5H2,1-3H3/t8-,12+/m1/s1. The van der Waals surface area contributed by atoms with Crippen LogP contribution in [-0.4, -0.2) is 43.6 Å². The molecule has 0 radical (unpaired) electrons. The number of carbonyl (C=O) groups excluding carboxylic acids is 3. The summed E-state index contributed by atoms with van der Waals surface area (Å²) in [6, 6.07) is 0. The number of ketones is 1. The zero-order chi connectivity index (χ0) is 14.0. The molecule has 2 heterocycles. The second kappa shape index (κ2) is 3.45. The van der Waals surface area contributed by atoms with E-state index in [0.717, 1.165) is 0 Å². The SMILES string of the molecule is COC(=O)C1=C(C(=O)OC)[C@]2(C)O[C@H]1C(=O)C21CC1. The van der Waals surface area contributed by atoms with Crippen molar-refractivity contribution in [3.05, 3.63) is 11.1 Å². The van der Waals surface area contributed by atoms with Crippen molar-refractivity contribution in [3.63, 3.8) is 0 Å². The predicted octanol–water partition coefficient (Wildman–Crippen LogP) is 0.149. The lowest BCUT2D eigenvalue weighted by Gasteiger charge is -2.29. The van der Waals surface area contributed by atoms with Gasteiger partial charge in [0.15, 0.2) is 11.9 Å². The molecule has 0 aromatic carbocycles. The Kier molecular flexibility index (Phi) is 2.24. The Morgan fingerprint density at radius 1 is 1.21 bits per heavy atom. The minimum absolute atomic E-state index is 0.000579. The molecule has 3 aliphatic rings. The Labute approximate surface area is 109 Å². The third-order valence-electron chi connectivity index (χ3n) is 4.53. The van der Waals surface area contributed by atoms with Crippen molar-refractivity contribution in [3.8, 4) is 0 Å². The van der Waals surface area contributed by atoms with Crippen LogP contribution in [-0.2, 0) is 28.6 Å². The largest absolute Gasteiger partial charge is 0.466 e. The number of methoxy groups -OCH3 is 2. The minimum atomic E-state index is -1.06. The molecule has 2 aliphatic heterocycles. The lowest BCUT2D eigenvalue weighted by Crippen LogP contribution is -2.44. The van der Waals surface area contributed by atoms with Crippen LogP contribution in [0.5, 0.6) is 0 Å². The Morgan fingerprint density at radius 2 is 1.79 bits per heavy atom. The van der Waals surface area contributed by atoms with E-state index in [9.17, 15) is 14.4 Å². The highest BCUT2D eigenvalue weighted by molar-refractivity contribution is 6.14. The molecule has 0 unspecified atom stereocenters. The van der Waals surface area contributed by atoms with Crippen LogP contribution >= 0.6 is 0 Å². The van der Waals surface area contributed by atoms with Crippen molar-refractivity contribution < 1.29 is 28.6 Å². The molecule has 1 saturated heterocycles. The first-order valence-electron chi connectivity index (χ1n) is 6.06. The first-order chi connectivity index (χ1) is 8.93. The number of carbonyl (C=O) groups is 3. The Balaban J connectivity index is 2.20. The first-order valence-corrected chi connectivity index (χ1v) is 6.06. The van der Waals surface area contributed by atoms with Crippen LogP contribution in [0.3, 0.4) is 0 Å². The van der Waals surface area contributed by atoms with Gasteiger partial charge in [0, 0.05) is 0 Å². The van der Waals surface area contributed by atoms with E-state index in [2.05, 4.69) is 4.74 Å². The van der Waals surface area contributed by atoms with Gasteiger partial charge < -0.3 is 14.2 Å². The smallest absolute Gasteiger partial charge is 0.337 e. The maximum Gasteiger partial charge on any atom is 0.337 e. The lowest BCUT2D eigenvalue weighted by atomic mass is 9.72. The topological polar surface area (TPSA) is 78.9 Å². The zero-order valence-corrected chi connectivity index (χ0v) is 10.9. The van der Waals surface area contributed by atoms with Gasteiger partial charge in [-0.2, -0.15) is 0 Å². The molecule has 6 heteroatoms. The fraction of sp³-hybridized carbons (Fsp3) is 0.615. The van der Waals surface area contributed by atoms with Gasteiger partial charge in [0.25, 0.3) is 0 Å². The summed E-state index contributed by atoms with van der Waals surface area (Å²) >= 11 is 0. The number of Topliss-reactive ketones (excluding diaryl/α,β-unsaturated/α-hetero) is 1. The van der Waals surface area contributed by atoms with Crippen LogP contribution in [0.25, 0.3) is 0 Å². The molecule has 0 amide bonds. The number of rotatable bonds is 2. The fourth-order valence-electron chi connectivity index (χ4n) is 3.34. The van der Waals surface area contributed by atoms with Crippen molar-refractivity contribution in [1.29, 1.82) is 0 Å². The molecule has 1 aliphatic carbocycles. The van der Waals surface area contributed by atoms with Gasteiger partial charge in [-0.05, 0) is 19.8 Å². The second-order valence-corrected chi connectivity index (χ2v) is 5.25. The van der Waals surface area contributed by atoms with Gasteiger partial charge in [-0.15, -0.1) is 0 Å². The molecule has 2 fully saturated rings. The van der Waals surface area contributed by atoms with Gasteiger partial charge in [0.2, 0.25) is 0 Å². The number of fused-ring (bicyclic) bond motifs is 3. The van der Waals surface area contributed by atoms with E-state index in [1.807, 2.05) is 0 Å². The normalized spacial score (nSPS) is 33.8. The van der Waals surface area contributed by atoms with E-state index in [1.165, 1.54) is 14.2 Å². The van der Waals surface area contributed by atoms with Gasteiger partial charge >= 0.3 is 11.9 Å². The molecular formula is C13H14O6. The molecule has 19 heavy (non-hydrogen) atoms. The van der Waals surface area contributed by atoms with Crippen LogP contribution in [0.1, 0.15) is 19.8 Å². The quantitative estimate of drug-likeness (QED) is 0.662. The molecule has 0 N–H and O–H groups in total. The highest BCUT2D eigenvalue weighted by atomic mass is 16.6. The van der Waals surface area contributed by atoms with E-state index in [1.54, 1.807) is 6.92 Å². The molecule has 3 rings (SSSR count). The number of hydrogen-bond donors (Lipinski definition) is 0. The summed E-state index contributed by atoms with van der Waals surface area (Å²) in [6.45, 7) is 1.68. The molecular weight excluding hydrogens is 252 g/mol. The van der Waals surface area contributed by atoms with Crippen LogP contribution < -0.4 is 0 Å². The average Bonchev–Trinajstić information content (AvgIpc) is 3.11. The van der Waals surface area contributed by atoms with Crippen LogP contribution in [0.4, 0.5) is 0 Å². The summed E-state index contributed by atoms with van der Waals surface area (Å²) < 4.78 is 15.1. The Morgan fingerprint density at radius 3 is 2.26 bits per heavy atom. The third kappa shape index (κ3) is 1.18. The Bertz CT molecular complexity index is 541. The van der Waals surface area contributed by atoms with Gasteiger partial charge in [-0.25, -0.2) is 9.59 Å². The summed E-state index contributed by atoms with van der Waals surface area (Å²) in [5, 5.41) is 0. The van der Waals surface area contributed by atoms with Crippen molar-refractivity contribution in [2.24, 2.45) is 5.41 Å². The third-order valence-corrected chi connectivity index (χ3v) is 4.53. The van der Waals surface area contributed by atoms with Crippen molar-refractivity contribution in [2.45, 2.75) is 31.5 Å². The molecule has 102 valence electrons. The van der Waals surface area contributed by atoms with E-state index >= 15 is 0 Å². The van der Waals surface area contributed by atoms with Gasteiger partial charge in [0.05, 0.1) is 30.8 Å². The van der Waals surface area contributed by atoms with Crippen LogP contribution in [0, 0.1) is 5.41 Å². The maximum atomic E-state index is 12.3. The highest BCUT2D eigenvalue weighted by Gasteiger charge is 2.77. The van der Waals surface area contributed by atoms with Crippen LogP contribution in [0.2, 0.25) is 0 Å². The molecule has 1 saturated carbocycles. The maximum absolute atomic E-state index is 12.3. The van der Waals surface area contributed by atoms with Crippen molar-refractivity contribution in [1.82, 2.24) is 0 Å². The lowest BCUT2D eigenvalue weighted by molar-refractivity contribution is -0.141. The summed E-state index contributed by atoms with van der Waals surface area (Å²) in [4.78, 5) is 36.1.